The van der Waals surface area contributed by atoms with Crippen molar-refractivity contribution in [2.24, 2.45) is 0 Å². The lowest BCUT2D eigenvalue weighted by Gasteiger charge is -2.52. The summed E-state index contributed by atoms with van der Waals surface area (Å²) in [6.45, 7) is 9.09. The van der Waals surface area contributed by atoms with Crippen LogP contribution in [0.25, 0.3) is 39.1 Å². The molecular formula is C32H33N5O4. The predicted molar refractivity (Wildman–Crippen MR) is 156 cm³/mol. The van der Waals surface area contributed by atoms with Gasteiger partial charge in [0, 0.05) is 30.7 Å². The van der Waals surface area contributed by atoms with E-state index in [9.17, 15) is 15.0 Å². The Labute approximate surface area is 237 Å². The van der Waals surface area contributed by atoms with E-state index in [4.69, 9.17) is 9.72 Å². The van der Waals surface area contributed by atoms with Gasteiger partial charge >= 0.3 is 6.09 Å². The van der Waals surface area contributed by atoms with Gasteiger partial charge in [-0.3, -0.25) is 0 Å². The molecule has 9 heteroatoms. The molecule has 0 aliphatic heterocycles. The van der Waals surface area contributed by atoms with Crippen LogP contribution in [0.3, 0.4) is 0 Å². The van der Waals surface area contributed by atoms with E-state index in [0.717, 1.165) is 22.4 Å². The molecule has 1 fully saturated rings. The first kappa shape index (κ1) is 26.7. The number of nitrogens with zero attached hydrogens (tertiary/aromatic N) is 4. The van der Waals surface area contributed by atoms with Crippen LogP contribution in [0.5, 0.6) is 5.75 Å². The summed E-state index contributed by atoms with van der Waals surface area (Å²) >= 11 is 0. The van der Waals surface area contributed by atoms with E-state index in [-0.39, 0.29) is 5.75 Å². The fourth-order valence-electron chi connectivity index (χ4n) is 5.87. The summed E-state index contributed by atoms with van der Waals surface area (Å²) in [5.41, 5.74) is 3.23. The molecule has 0 radical (unpaired) electrons. The van der Waals surface area contributed by atoms with Crippen LogP contribution >= 0.6 is 0 Å². The molecule has 41 heavy (non-hydrogen) atoms. The number of amides is 1. The molecule has 6 rings (SSSR count). The number of alkyl carbamates (subject to hydrolysis) is 1. The lowest BCUT2D eigenvalue weighted by Crippen LogP contribution is -2.62. The molecule has 1 saturated carbocycles. The number of hydrogen-bond donors (Lipinski definition) is 3. The van der Waals surface area contributed by atoms with Crippen molar-refractivity contribution in [3.05, 3.63) is 78.1 Å². The van der Waals surface area contributed by atoms with E-state index in [1.54, 1.807) is 17.6 Å². The Bertz CT molecular complexity index is 1780. The Morgan fingerprint density at radius 3 is 2.37 bits per heavy atom. The number of benzene rings is 2. The summed E-state index contributed by atoms with van der Waals surface area (Å²) in [5, 5.41) is 30.3. The van der Waals surface area contributed by atoms with E-state index >= 15 is 0 Å². The van der Waals surface area contributed by atoms with Crippen LogP contribution in [0, 0.1) is 6.92 Å². The molecule has 9 nitrogen and oxygen atoms in total. The Morgan fingerprint density at radius 2 is 1.73 bits per heavy atom. The van der Waals surface area contributed by atoms with Gasteiger partial charge in [-0.15, -0.1) is 0 Å². The van der Waals surface area contributed by atoms with Crippen molar-refractivity contribution >= 4 is 22.8 Å². The molecule has 0 saturated heterocycles. The molecule has 0 spiro atoms. The first-order valence-corrected chi connectivity index (χ1v) is 13.6. The molecule has 3 N–H and O–H groups in total. The van der Waals surface area contributed by atoms with Gasteiger partial charge < -0.3 is 20.3 Å². The van der Waals surface area contributed by atoms with Crippen molar-refractivity contribution in [3.63, 3.8) is 0 Å². The zero-order chi connectivity index (χ0) is 29.2. The van der Waals surface area contributed by atoms with Gasteiger partial charge in [0.2, 0.25) is 0 Å². The molecule has 2 aromatic carbocycles. The first-order valence-electron chi connectivity index (χ1n) is 13.6. The highest BCUT2D eigenvalue weighted by molar-refractivity contribution is 5.97. The maximum Gasteiger partial charge on any atom is 0.408 e. The summed E-state index contributed by atoms with van der Waals surface area (Å²) in [6.07, 6.45) is 1.80. The van der Waals surface area contributed by atoms with E-state index in [1.807, 2.05) is 88.4 Å². The standard InChI is InChI=1S/C32H33N5O4/c1-19-15-24-33-16-23-27(38)25(20-9-7-6-8-10-20)26(34-28(23)37(24)36-19)21-11-13-22(14-12-21)32(17-31(5,40)18-32)35-29(39)41-30(2,3)4/h6-16,40H,17-18H2,1-5H3,(H,34,38)(H,35,39)/t31-,32-. The topological polar surface area (TPSA) is 122 Å². The van der Waals surface area contributed by atoms with Gasteiger partial charge in [-0.2, -0.15) is 9.61 Å². The number of aromatic hydroxyl groups is 1. The quantitative estimate of drug-likeness (QED) is 0.255. The van der Waals surface area contributed by atoms with Crippen LogP contribution < -0.4 is 5.32 Å². The molecule has 0 atom stereocenters. The smallest absolute Gasteiger partial charge is 0.408 e. The molecule has 3 heterocycles. The van der Waals surface area contributed by atoms with Gasteiger partial charge in [-0.05, 0) is 45.7 Å². The second-order valence-corrected chi connectivity index (χ2v) is 12.2. The normalized spacial score (nSPS) is 20.6. The van der Waals surface area contributed by atoms with Crippen LogP contribution in [0.1, 0.15) is 51.8 Å². The fraction of sp³-hybridized carbons (Fsp3) is 0.312. The number of aromatic nitrogens is 4. The Balaban J connectivity index is 1.47. The Morgan fingerprint density at radius 1 is 1.05 bits per heavy atom. The number of aryl methyl sites for hydroxylation is 1. The largest absolute Gasteiger partial charge is 0.506 e. The van der Waals surface area contributed by atoms with Gasteiger partial charge in [0.1, 0.15) is 11.4 Å². The molecular weight excluding hydrogens is 518 g/mol. The van der Waals surface area contributed by atoms with Gasteiger partial charge in [-0.25, -0.2) is 14.8 Å². The minimum Gasteiger partial charge on any atom is -0.506 e. The van der Waals surface area contributed by atoms with Crippen LogP contribution in [-0.4, -0.2) is 47.1 Å². The van der Waals surface area contributed by atoms with E-state index < -0.39 is 22.8 Å². The third kappa shape index (κ3) is 4.86. The number of fused-ring (bicyclic) bond motifs is 3. The number of carbonyl (C=O) groups excluding carboxylic acids is 1. The van der Waals surface area contributed by atoms with Crippen LogP contribution in [0.4, 0.5) is 4.79 Å². The lowest BCUT2D eigenvalue weighted by molar-refractivity contribution is -0.0892. The molecule has 1 aliphatic rings. The number of carbonyl (C=O) groups is 1. The highest BCUT2D eigenvalue weighted by Crippen LogP contribution is 2.49. The second-order valence-electron chi connectivity index (χ2n) is 12.2. The van der Waals surface area contributed by atoms with Gasteiger partial charge in [-0.1, -0.05) is 54.6 Å². The van der Waals surface area contributed by atoms with E-state index in [0.29, 0.717) is 40.8 Å². The van der Waals surface area contributed by atoms with Crippen LogP contribution in [-0.2, 0) is 10.3 Å². The summed E-state index contributed by atoms with van der Waals surface area (Å²) < 4.78 is 7.17. The number of hydrogen-bond acceptors (Lipinski definition) is 7. The molecule has 1 amide bonds. The summed E-state index contributed by atoms with van der Waals surface area (Å²) in [4.78, 5) is 22.3. The molecule has 0 bridgehead atoms. The molecule has 0 unspecified atom stereocenters. The molecule has 3 aromatic heterocycles. The summed E-state index contributed by atoms with van der Waals surface area (Å²) in [6, 6.07) is 19.2. The highest BCUT2D eigenvalue weighted by atomic mass is 16.6. The maximum atomic E-state index is 12.7. The number of aliphatic hydroxyl groups is 1. The highest BCUT2D eigenvalue weighted by Gasteiger charge is 2.53. The third-order valence-electron chi connectivity index (χ3n) is 7.41. The fourth-order valence-corrected chi connectivity index (χ4v) is 5.87. The predicted octanol–water partition coefficient (Wildman–Crippen LogP) is 5.89. The Hall–Kier alpha value is -4.50. The van der Waals surface area contributed by atoms with Gasteiger partial charge in [0.25, 0.3) is 0 Å². The van der Waals surface area contributed by atoms with Crippen LogP contribution in [0.2, 0.25) is 0 Å². The van der Waals surface area contributed by atoms with Crippen LogP contribution in [0.15, 0.2) is 66.9 Å². The van der Waals surface area contributed by atoms with Gasteiger partial charge in [0.15, 0.2) is 11.3 Å². The monoisotopic (exact) mass is 551 g/mol. The van der Waals surface area contributed by atoms with E-state index in [2.05, 4.69) is 15.4 Å². The van der Waals surface area contributed by atoms with Crippen molar-refractivity contribution in [1.29, 1.82) is 0 Å². The second kappa shape index (κ2) is 9.27. The van der Waals surface area contributed by atoms with Crippen molar-refractivity contribution in [3.8, 4) is 28.1 Å². The minimum atomic E-state index is -0.902. The van der Waals surface area contributed by atoms with E-state index in [1.165, 1.54) is 0 Å². The Kier molecular flexibility index (Phi) is 6.04. The maximum absolute atomic E-state index is 12.7. The lowest BCUT2D eigenvalue weighted by atomic mass is 9.62. The molecule has 1 aliphatic carbocycles. The average molecular weight is 552 g/mol. The number of nitrogens with one attached hydrogen (secondary N) is 1. The number of ether oxygens (including phenoxy) is 1. The minimum absolute atomic E-state index is 0.0703. The number of pyridine rings is 1. The zero-order valence-corrected chi connectivity index (χ0v) is 23.8. The third-order valence-corrected chi connectivity index (χ3v) is 7.41. The number of rotatable bonds is 4. The molecule has 210 valence electrons. The van der Waals surface area contributed by atoms with Crippen molar-refractivity contribution < 1.29 is 19.7 Å². The summed E-state index contributed by atoms with van der Waals surface area (Å²) in [5.74, 6) is 0.0703. The van der Waals surface area contributed by atoms with Gasteiger partial charge in [0.05, 0.1) is 33.5 Å². The van der Waals surface area contributed by atoms with Crippen molar-refractivity contribution in [2.45, 2.75) is 64.2 Å². The first-order chi connectivity index (χ1) is 19.3. The van der Waals surface area contributed by atoms with Crippen molar-refractivity contribution in [1.82, 2.24) is 24.9 Å². The van der Waals surface area contributed by atoms with Crippen molar-refractivity contribution in [2.75, 3.05) is 0 Å². The summed E-state index contributed by atoms with van der Waals surface area (Å²) in [7, 11) is 0. The average Bonchev–Trinajstić information content (AvgIpc) is 3.27. The molecule has 5 aromatic rings. The SMILES string of the molecule is Cc1cc2ncc3c(O)c(-c4ccccc4)c(-c4ccc([C@]5(NC(=O)OC(C)(C)C)C[C@](C)(O)C5)cc4)nc3n2n1. The zero-order valence-electron chi connectivity index (χ0n) is 23.8.